The van der Waals surface area contributed by atoms with Gasteiger partial charge in [0.05, 0.1) is 19.9 Å². The highest BCUT2D eigenvalue weighted by molar-refractivity contribution is 7.90. The third-order valence-corrected chi connectivity index (χ3v) is 7.55. The third-order valence-electron chi connectivity index (χ3n) is 4.37. The first-order chi connectivity index (χ1) is 14.1. The smallest absolute Gasteiger partial charge is 0.410 e. The second kappa shape index (κ2) is 8.98. The molecule has 0 radical (unpaired) electrons. The molecule has 1 aliphatic rings. The monoisotopic (exact) mass is 491 g/mol. The fourth-order valence-corrected chi connectivity index (χ4v) is 5.30. The summed E-state index contributed by atoms with van der Waals surface area (Å²) in [6.07, 6.45) is -0.676. The summed E-state index contributed by atoms with van der Waals surface area (Å²) in [7, 11) is -3.88. The molecule has 0 saturated carbocycles. The Balaban J connectivity index is 1.64. The van der Waals surface area contributed by atoms with E-state index in [0.29, 0.717) is 0 Å². The number of thiol groups is 1. The van der Waals surface area contributed by atoms with Gasteiger partial charge in [0, 0.05) is 43.2 Å². The van der Waals surface area contributed by atoms with Crippen molar-refractivity contribution < 1.29 is 22.9 Å². The van der Waals surface area contributed by atoms with Crippen molar-refractivity contribution in [2.45, 2.75) is 9.79 Å². The number of benzene rings is 2. The van der Waals surface area contributed by atoms with Gasteiger partial charge >= 0.3 is 6.09 Å². The van der Waals surface area contributed by atoms with Gasteiger partial charge in [-0.1, -0.05) is 23.2 Å². The summed E-state index contributed by atoms with van der Waals surface area (Å²) in [5.74, 6) is 0.149. The lowest BCUT2D eigenvalue weighted by molar-refractivity contribution is -0.384. The number of hydrogen-bond acceptors (Lipinski definition) is 7. The minimum Gasteiger partial charge on any atom is -0.410 e. The van der Waals surface area contributed by atoms with E-state index in [0.717, 1.165) is 0 Å². The molecule has 0 aliphatic carbocycles. The Labute approximate surface area is 187 Å². The van der Waals surface area contributed by atoms with Gasteiger partial charge < -0.3 is 9.64 Å². The molecule has 1 aliphatic heterocycles. The number of nitro groups is 1. The van der Waals surface area contributed by atoms with Gasteiger partial charge in [-0.3, -0.25) is 10.1 Å². The molecule has 13 heteroatoms. The van der Waals surface area contributed by atoms with E-state index in [9.17, 15) is 23.3 Å². The number of rotatable bonds is 4. The fourth-order valence-electron chi connectivity index (χ4n) is 2.78. The van der Waals surface area contributed by atoms with Crippen LogP contribution in [0.4, 0.5) is 10.5 Å². The standard InChI is InChI=1S/C17H15Cl2N3O6S2/c18-13-9-15(29)16(10-14(13)19)30(26,27)21-7-5-20(6-8-21)17(23)28-12-3-1-11(2-4-12)22(24)25/h1-4,9-10,29H,5-8H2. The minimum atomic E-state index is -3.88. The van der Waals surface area contributed by atoms with Crippen LogP contribution in [0.2, 0.25) is 10.0 Å². The van der Waals surface area contributed by atoms with E-state index in [2.05, 4.69) is 12.6 Å². The summed E-state index contributed by atoms with van der Waals surface area (Å²) >= 11 is 16.0. The largest absolute Gasteiger partial charge is 0.415 e. The van der Waals surface area contributed by atoms with E-state index in [1.54, 1.807) is 0 Å². The van der Waals surface area contributed by atoms with Crippen LogP contribution in [-0.4, -0.2) is 54.8 Å². The number of sulfonamides is 1. The van der Waals surface area contributed by atoms with Crippen LogP contribution >= 0.6 is 35.8 Å². The van der Waals surface area contributed by atoms with E-state index < -0.39 is 21.0 Å². The van der Waals surface area contributed by atoms with Gasteiger partial charge in [-0.2, -0.15) is 4.31 Å². The highest BCUT2D eigenvalue weighted by atomic mass is 35.5. The van der Waals surface area contributed by atoms with Gasteiger partial charge in [0.15, 0.2) is 0 Å². The van der Waals surface area contributed by atoms with Crippen LogP contribution in [0.15, 0.2) is 46.2 Å². The van der Waals surface area contributed by atoms with Crippen LogP contribution in [-0.2, 0) is 10.0 Å². The van der Waals surface area contributed by atoms with Crippen LogP contribution in [0.1, 0.15) is 0 Å². The summed E-state index contributed by atoms with van der Waals surface area (Å²) in [5.41, 5.74) is -0.125. The van der Waals surface area contributed by atoms with Crippen molar-refractivity contribution in [3.63, 3.8) is 0 Å². The molecule has 2 aromatic rings. The number of non-ortho nitro benzene ring substituents is 1. The number of carbonyl (C=O) groups is 1. The number of hydrogen-bond donors (Lipinski definition) is 1. The maximum absolute atomic E-state index is 12.9. The zero-order chi connectivity index (χ0) is 22.1. The van der Waals surface area contributed by atoms with Gasteiger partial charge in [-0.15, -0.1) is 12.6 Å². The third kappa shape index (κ3) is 4.81. The summed E-state index contributed by atoms with van der Waals surface area (Å²) in [4.78, 5) is 23.9. The van der Waals surface area contributed by atoms with Crippen LogP contribution in [0, 0.1) is 10.1 Å². The van der Waals surface area contributed by atoms with Crippen molar-refractivity contribution in [2.75, 3.05) is 26.2 Å². The predicted octanol–water partition coefficient (Wildman–Crippen LogP) is 3.70. The Morgan fingerprint density at radius 2 is 1.63 bits per heavy atom. The van der Waals surface area contributed by atoms with E-state index in [1.807, 2.05) is 0 Å². The Morgan fingerprint density at radius 3 is 2.20 bits per heavy atom. The van der Waals surface area contributed by atoms with Gasteiger partial charge in [0.25, 0.3) is 5.69 Å². The molecule has 0 aromatic heterocycles. The summed E-state index contributed by atoms with van der Waals surface area (Å²) in [5, 5.41) is 11.0. The lowest BCUT2D eigenvalue weighted by atomic mass is 10.3. The number of halogens is 2. The minimum absolute atomic E-state index is 0.0468. The Morgan fingerprint density at radius 1 is 1.07 bits per heavy atom. The normalized spacial score (nSPS) is 15.1. The van der Waals surface area contributed by atoms with Crippen LogP contribution < -0.4 is 4.74 Å². The number of ether oxygens (including phenoxy) is 1. The molecule has 1 saturated heterocycles. The summed E-state index contributed by atoms with van der Waals surface area (Å²) < 4.78 is 32.2. The first kappa shape index (κ1) is 22.6. The molecule has 30 heavy (non-hydrogen) atoms. The quantitative estimate of drug-likeness (QED) is 0.396. The van der Waals surface area contributed by atoms with Crippen LogP contribution in [0.25, 0.3) is 0 Å². The average Bonchev–Trinajstić information content (AvgIpc) is 2.71. The molecular weight excluding hydrogens is 477 g/mol. The van der Waals surface area contributed by atoms with Gasteiger partial charge in [0.2, 0.25) is 10.0 Å². The second-order valence-electron chi connectivity index (χ2n) is 6.24. The van der Waals surface area contributed by atoms with Crippen molar-refractivity contribution in [1.82, 2.24) is 9.21 Å². The number of piperazine rings is 1. The predicted molar refractivity (Wildman–Crippen MR) is 113 cm³/mol. The molecule has 3 rings (SSSR count). The molecule has 0 bridgehead atoms. The van der Waals surface area contributed by atoms with Gasteiger partial charge in [-0.05, 0) is 24.3 Å². The van der Waals surface area contributed by atoms with Gasteiger partial charge in [0.1, 0.15) is 5.75 Å². The van der Waals surface area contributed by atoms with Crippen molar-refractivity contribution in [1.29, 1.82) is 0 Å². The second-order valence-corrected chi connectivity index (χ2v) is 9.45. The first-order valence-electron chi connectivity index (χ1n) is 8.49. The maximum Gasteiger partial charge on any atom is 0.415 e. The Kier molecular flexibility index (Phi) is 6.78. The molecular formula is C17H15Cl2N3O6S2. The fraction of sp³-hybridized carbons (Fsp3) is 0.235. The molecule has 1 heterocycles. The number of nitrogens with zero attached hydrogens (tertiary/aromatic N) is 3. The molecule has 160 valence electrons. The number of carbonyl (C=O) groups excluding carboxylic acids is 1. The van der Waals surface area contributed by atoms with Crippen LogP contribution in [0.3, 0.4) is 0 Å². The highest BCUT2D eigenvalue weighted by Crippen LogP contribution is 2.32. The van der Waals surface area contributed by atoms with Crippen molar-refractivity contribution in [3.8, 4) is 5.75 Å². The SMILES string of the molecule is O=C(Oc1ccc([N+](=O)[O-])cc1)N1CCN(S(=O)(=O)c2cc(Cl)c(Cl)cc2S)CC1. The zero-order valence-electron chi connectivity index (χ0n) is 15.2. The first-order valence-corrected chi connectivity index (χ1v) is 11.1. The molecule has 9 nitrogen and oxygen atoms in total. The summed E-state index contributed by atoms with van der Waals surface area (Å²) in [6.45, 7) is 0.304. The van der Waals surface area contributed by atoms with E-state index in [-0.39, 0.29) is 57.5 Å². The lowest BCUT2D eigenvalue weighted by Crippen LogP contribution is -2.51. The molecule has 0 N–H and O–H groups in total. The van der Waals surface area contributed by atoms with E-state index in [4.69, 9.17) is 27.9 Å². The van der Waals surface area contributed by atoms with Crippen molar-refractivity contribution in [2.24, 2.45) is 0 Å². The van der Waals surface area contributed by atoms with Crippen molar-refractivity contribution in [3.05, 3.63) is 56.6 Å². The molecule has 1 amide bonds. The molecule has 2 aromatic carbocycles. The molecule has 1 fully saturated rings. The topological polar surface area (TPSA) is 110 Å². The highest BCUT2D eigenvalue weighted by Gasteiger charge is 2.32. The Hall–Kier alpha value is -2.05. The molecule has 0 spiro atoms. The number of amides is 1. The lowest BCUT2D eigenvalue weighted by Gasteiger charge is -2.33. The average molecular weight is 492 g/mol. The van der Waals surface area contributed by atoms with Gasteiger partial charge in [-0.25, -0.2) is 13.2 Å². The van der Waals surface area contributed by atoms with Crippen LogP contribution in [0.5, 0.6) is 5.75 Å². The molecule has 0 unspecified atom stereocenters. The summed E-state index contributed by atoms with van der Waals surface area (Å²) in [6, 6.07) is 7.68. The number of nitro benzene ring substituents is 1. The van der Waals surface area contributed by atoms with E-state index >= 15 is 0 Å². The van der Waals surface area contributed by atoms with E-state index in [1.165, 1.54) is 45.6 Å². The Bertz CT molecular complexity index is 1090. The molecule has 0 atom stereocenters. The maximum atomic E-state index is 12.9. The van der Waals surface area contributed by atoms with Crippen molar-refractivity contribution >= 4 is 57.6 Å². The zero-order valence-corrected chi connectivity index (χ0v) is 18.4.